The molecule has 0 aromatic heterocycles. The molecule has 29 heavy (non-hydrogen) atoms. The number of benzene rings is 1. The number of nitrogens with zero attached hydrogens (tertiary/aromatic N) is 1. The van der Waals surface area contributed by atoms with E-state index in [0.717, 1.165) is 49.8 Å². The van der Waals surface area contributed by atoms with Crippen LogP contribution >= 0.6 is 0 Å². The summed E-state index contributed by atoms with van der Waals surface area (Å²) in [7, 11) is 1.78. The first-order valence-corrected chi connectivity index (χ1v) is 11.4. The molecule has 2 aliphatic heterocycles. The van der Waals surface area contributed by atoms with Gasteiger partial charge in [0.05, 0.1) is 6.10 Å². The SMILES string of the molecule is CCC(C)C1=NC2(C(=O)C(CC)C1C)c1ccccc1OC21CCC(OC)CC1. The predicted octanol–water partition coefficient (Wildman–Crippen LogP) is 5.33. The van der Waals surface area contributed by atoms with Crippen molar-refractivity contribution in [3.63, 3.8) is 0 Å². The van der Waals surface area contributed by atoms with Gasteiger partial charge in [0.15, 0.2) is 11.3 Å². The van der Waals surface area contributed by atoms with Gasteiger partial charge in [-0.2, -0.15) is 0 Å². The fourth-order valence-electron chi connectivity index (χ4n) is 6.02. The van der Waals surface area contributed by atoms with Crippen LogP contribution in [0.2, 0.25) is 0 Å². The standard InChI is InChI=1S/C25H35NO3/c1-6-16(3)22-17(4)19(7-2)23(27)25(26-22)20-10-8-9-11-21(20)29-24(25)14-12-18(28-5)13-15-24/h8-11,16-19H,6-7,12-15H2,1-5H3. The number of carbonyl (C=O) groups excluding carboxylic acids is 1. The summed E-state index contributed by atoms with van der Waals surface area (Å²) in [6.45, 7) is 8.80. The number of hydrogen-bond donors (Lipinski definition) is 0. The first-order chi connectivity index (χ1) is 13.9. The summed E-state index contributed by atoms with van der Waals surface area (Å²) in [4.78, 5) is 19.6. The number of ketones is 1. The molecule has 0 amide bonds. The van der Waals surface area contributed by atoms with Gasteiger partial charge >= 0.3 is 0 Å². The van der Waals surface area contributed by atoms with E-state index in [9.17, 15) is 4.79 Å². The van der Waals surface area contributed by atoms with Gasteiger partial charge in [0.1, 0.15) is 11.4 Å². The molecule has 4 heteroatoms. The van der Waals surface area contributed by atoms with E-state index in [2.05, 4.69) is 33.8 Å². The van der Waals surface area contributed by atoms with Crippen LogP contribution < -0.4 is 4.74 Å². The lowest BCUT2D eigenvalue weighted by Gasteiger charge is -2.49. The van der Waals surface area contributed by atoms with Crippen LogP contribution in [0.25, 0.3) is 0 Å². The number of ether oxygens (including phenoxy) is 2. The molecule has 2 heterocycles. The molecule has 0 saturated heterocycles. The smallest absolute Gasteiger partial charge is 0.187 e. The Morgan fingerprint density at radius 3 is 2.55 bits per heavy atom. The molecule has 4 nitrogen and oxygen atoms in total. The number of aliphatic imine (C=N–C) groups is 1. The number of Topliss-reactive ketones (excluding diaryl/α,β-unsaturated/α-hetero) is 1. The maximum Gasteiger partial charge on any atom is 0.187 e. The summed E-state index contributed by atoms with van der Waals surface area (Å²) in [6.07, 6.45) is 5.52. The molecule has 1 fully saturated rings. The summed E-state index contributed by atoms with van der Waals surface area (Å²) in [5.74, 6) is 1.65. The van der Waals surface area contributed by atoms with Crippen LogP contribution in [-0.4, -0.2) is 30.3 Å². The minimum Gasteiger partial charge on any atom is -0.483 e. The normalized spacial score (nSPS) is 37.3. The molecule has 0 radical (unpaired) electrons. The number of carbonyl (C=O) groups is 1. The topological polar surface area (TPSA) is 47.9 Å². The Bertz CT molecular complexity index is 808. The number of fused-ring (bicyclic) bond motifs is 3. The highest BCUT2D eigenvalue weighted by atomic mass is 16.5. The van der Waals surface area contributed by atoms with Crippen molar-refractivity contribution in [1.82, 2.24) is 0 Å². The molecule has 4 rings (SSSR count). The summed E-state index contributed by atoms with van der Waals surface area (Å²) in [5, 5.41) is 0. The van der Waals surface area contributed by atoms with E-state index in [-0.39, 0.29) is 23.7 Å². The van der Waals surface area contributed by atoms with E-state index in [1.54, 1.807) is 7.11 Å². The quantitative estimate of drug-likeness (QED) is 0.689. The zero-order valence-electron chi connectivity index (χ0n) is 18.5. The van der Waals surface area contributed by atoms with Gasteiger partial charge in [0.25, 0.3) is 0 Å². The van der Waals surface area contributed by atoms with Crippen LogP contribution in [0.4, 0.5) is 0 Å². The number of rotatable bonds is 4. The average molecular weight is 398 g/mol. The third-order valence-electron chi connectivity index (χ3n) is 7.93. The summed E-state index contributed by atoms with van der Waals surface area (Å²) < 4.78 is 12.3. The molecule has 1 saturated carbocycles. The van der Waals surface area contributed by atoms with E-state index < -0.39 is 11.1 Å². The largest absolute Gasteiger partial charge is 0.483 e. The predicted molar refractivity (Wildman–Crippen MR) is 116 cm³/mol. The van der Waals surface area contributed by atoms with Crippen molar-refractivity contribution in [2.75, 3.05) is 7.11 Å². The minimum absolute atomic E-state index is 0.0109. The molecule has 4 atom stereocenters. The van der Waals surface area contributed by atoms with Gasteiger partial charge in [-0.15, -0.1) is 0 Å². The molecule has 1 aromatic carbocycles. The Labute approximate surface area is 175 Å². The van der Waals surface area contributed by atoms with Gasteiger partial charge in [0, 0.05) is 30.2 Å². The number of hydrogen-bond acceptors (Lipinski definition) is 4. The number of methoxy groups -OCH3 is 1. The zero-order chi connectivity index (χ0) is 20.8. The first kappa shape index (κ1) is 20.6. The van der Waals surface area contributed by atoms with Crippen molar-refractivity contribution in [2.24, 2.45) is 22.7 Å². The number of para-hydroxylation sites is 1. The van der Waals surface area contributed by atoms with Gasteiger partial charge in [-0.25, -0.2) is 0 Å². The Morgan fingerprint density at radius 2 is 1.93 bits per heavy atom. The van der Waals surface area contributed by atoms with Gasteiger partial charge in [-0.05, 0) is 50.5 Å². The monoisotopic (exact) mass is 397 g/mol. The van der Waals surface area contributed by atoms with Gasteiger partial charge in [-0.3, -0.25) is 9.79 Å². The molecule has 158 valence electrons. The fourth-order valence-corrected chi connectivity index (χ4v) is 6.02. The van der Waals surface area contributed by atoms with E-state index >= 15 is 0 Å². The van der Waals surface area contributed by atoms with Gasteiger partial charge in [-0.1, -0.05) is 45.9 Å². The van der Waals surface area contributed by atoms with Crippen molar-refractivity contribution < 1.29 is 14.3 Å². The maximum absolute atomic E-state index is 14.2. The van der Waals surface area contributed by atoms with E-state index in [1.807, 2.05) is 18.2 Å². The maximum atomic E-state index is 14.2. The third-order valence-corrected chi connectivity index (χ3v) is 7.93. The fraction of sp³-hybridized carbons (Fsp3) is 0.680. The van der Waals surface area contributed by atoms with Crippen LogP contribution in [0.3, 0.4) is 0 Å². The van der Waals surface area contributed by atoms with Crippen LogP contribution in [0, 0.1) is 17.8 Å². The van der Waals surface area contributed by atoms with Crippen molar-refractivity contribution >= 4 is 11.5 Å². The summed E-state index contributed by atoms with van der Waals surface area (Å²) in [6, 6.07) is 8.11. The van der Waals surface area contributed by atoms with Gasteiger partial charge < -0.3 is 9.47 Å². The van der Waals surface area contributed by atoms with Crippen LogP contribution in [0.15, 0.2) is 29.3 Å². The highest BCUT2D eigenvalue weighted by Gasteiger charge is 2.68. The zero-order valence-corrected chi connectivity index (χ0v) is 18.5. The molecule has 1 aromatic rings. The van der Waals surface area contributed by atoms with Crippen LogP contribution in [0.5, 0.6) is 5.75 Å². The second-order valence-electron chi connectivity index (χ2n) is 9.25. The Morgan fingerprint density at radius 1 is 1.24 bits per heavy atom. The lowest BCUT2D eigenvalue weighted by Crippen LogP contribution is -2.62. The Balaban J connectivity index is 1.94. The molecule has 0 N–H and O–H groups in total. The van der Waals surface area contributed by atoms with E-state index in [0.29, 0.717) is 5.92 Å². The molecule has 2 spiro atoms. The van der Waals surface area contributed by atoms with Gasteiger partial charge in [0.2, 0.25) is 0 Å². The van der Waals surface area contributed by atoms with Crippen molar-refractivity contribution in [3.8, 4) is 5.75 Å². The molecular weight excluding hydrogens is 362 g/mol. The summed E-state index contributed by atoms with van der Waals surface area (Å²) in [5.41, 5.74) is 0.683. The Kier molecular flexibility index (Phi) is 5.35. The second kappa shape index (κ2) is 7.54. The van der Waals surface area contributed by atoms with E-state index in [1.165, 1.54) is 5.71 Å². The Hall–Kier alpha value is -1.68. The second-order valence-corrected chi connectivity index (χ2v) is 9.25. The molecule has 0 bridgehead atoms. The first-order valence-electron chi connectivity index (χ1n) is 11.4. The highest BCUT2D eigenvalue weighted by Crippen LogP contribution is 2.59. The lowest BCUT2D eigenvalue weighted by molar-refractivity contribution is -0.141. The molecule has 4 unspecified atom stereocenters. The molecule has 1 aliphatic carbocycles. The van der Waals surface area contributed by atoms with Crippen LogP contribution in [0.1, 0.15) is 71.8 Å². The van der Waals surface area contributed by atoms with Crippen molar-refractivity contribution in [2.45, 2.75) is 83.5 Å². The van der Waals surface area contributed by atoms with E-state index in [4.69, 9.17) is 14.5 Å². The molecule has 3 aliphatic rings. The lowest BCUT2D eigenvalue weighted by atomic mass is 9.60. The van der Waals surface area contributed by atoms with Crippen molar-refractivity contribution in [1.29, 1.82) is 0 Å². The molecular formula is C25H35NO3. The average Bonchev–Trinajstić information content (AvgIpc) is 3.01. The highest BCUT2D eigenvalue weighted by molar-refractivity contribution is 6.05. The third kappa shape index (κ3) is 2.82. The summed E-state index contributed by atoms with van der Waals surface area (Å²) >= 11 is 0. The van der Waals surface area contributed by atoms with Crippen LogP contribution in [-0.2, 0) is 15.1 Å². The van der Waals surface area contributed by atoms with Crippen molar-refractivity contribution in [3.05, 3.63) is 29.8 Å². The minimum atomic E-state index is -0.908.